The van der Waals surface area contributed by atoms with E-state index in [-0.39, 0.29) is 17.9 Å². The number of ether oxygens (including phenoxy) is 1. The van der Waals surface area contributed by atoms with E-state index >= 15 is 0 Å². The van der Waals surface area contributed by atoms with Crippen LogP contribution in [0.15, 0.2) is 72.6 Å². The fourth-order valence-electron chi connectivity index (χ4n) is 3.90. The number of hydrogen-bond acceptors (Lipinski definition) is 5. The SMILES string of the molecule is COc1ccc(C(O)=C2C(=O)C(=O)N(Cc3cccnc3)[C@@H]2c2ccc(Cl)cc2)c(C)c1. The van der Waals surface area contributed by atoms with Crippen molar-refractivity contribution in [3.8, 4) is 5.75 Å². The maximum Gasteiger partial charge on any atom is 0.295 e. The Kier molecular flexibility index (Phi) is 5.97. The number of amides is 1. The molecule has 3 aromatic rings. The molecule has 32 heavy (non-hydrogen) atoms. The zero-order valence-corrected chi connectivity index (χ0v) is 18.3. The summed E-state index contributed by atoms with van der Waals surface area (Å²) in [6.07, 6.45) is 3.28. The molecule has 1 fully saturated rings. The van der Waals surface area contributed by atoms with Crippen molar-refractivity contribution in [3.05, 3.63) is 99.8 Å². The van der Waals surface area contributed by atoms with Crippen LogP contribution in [-0.4, -0.2) is 33.8 Å². The normalized spacial score (nSPS) is 17.6. The summed E-state index contributed by atoms with van der Waals surface area (Å²) in [6, 6.07) is 14.9. The van der Waals surface area contributed by atoms with Crippen LogP contribution in [0.3, 0.4) is 0 Å². The van der Waals surface area contributed by atoms with E-state index in [1.54, 1.807) is 75.0 Å². The Morgan fingerprint density at radius 3 is 2.53 bits per heavy atom. The molecule has 0 spiro atoms. The minimum Gasteiger partial charge on any atom is -0.507 e. The molecule has 162 valence electrons. The summed E-state index contributed by atoms with van der Waals surface area (Å²) in [4.78, 5) is 31.7. The van der Waals surface area contributed by atoms with E-state index in [1.165, 1.54) is 4.90 Å². The molecule has 4 rings (SSSR count). The summed E-state index contributed by atoms with van der Waals surface area (Å²) >= 11 is 6.06. The van der Waals surface area contributed by atoms with Crippen molar-refractivity contribution in [2.75, 3.05) is 7.11 Å². The maximum atomic E-state index is 13.1. The molecule has 1 atom stereocenters. The fraction of sp³-hybridized carbons (Fsp3) is 0.160. The van der Waals surface area contributed by atoms with Gasteiger partial charge in [-0.2, -0.15) is 0 Å². The number of aliphatic hydroxyl groups is 1. The van der Waals surface area contributed by atoms with Gasteiger partial charge >= 0.3 is 0 Å². The van der Waals surface area contributed by atoms with Gasteiger partial charge in [0.05, 0.1) is 18.7 Å². The molecule has 1 aliphatic rings. The number of ketones is 1. The Hall–Kier alpha value is -3.64. The van der Waals surface area contributed by atoms with E-state index in [9.17, 15) is 14.7 Å². The number of rotatable bonds is 5. The summed E-state index contributed by atoms with van der Waals surface area (Å²) in [5.41, 5.74) is 2.66. The molecule has 7 heteroatoms. The summed E-state index contributed by atoms with van der Waals surface area (Å²) in [5, 5.41) is 11.8. The molecule has 1 N–H and O–H groups in total. The molecule has 0 bridgehead atoms. The van der Waals surface area contributed by atoms with Crippen molar-refractivity contribution in [1.82, 2.24) is 9.88 Å². The van der Waals surface area contributed by atoms with Gasteiger partial charge in [0.15, 0.2) is 0 Å². The van der Waals surface area contributed by atoms with E-state index in [2.05, 4.69) is 4.98 Å². The number of aryl methyl sites for hydroxylation is 1. The summed E-state index contributed by atoms with van der Waals surface area (Å²) < 4.78 is 5.23. The molecule has 6 nitrogen and oxygen atoms in total. The van der Waals surface area contributed by atoms with E-state index in [4.69, 9.17) is 16.3 Å². The van der Waals surface area contributed by atoms with Crippen LogP contribution in [-0.2, 0) is 16.1 Å². The largest absolute Gasteiger partial charge is 0.507 e. The van der Waals surface area contributed by atoms with Crippen molar-refractivity contribution in [1.29, 1.82) is 0 Å². The molecule has 0 radical (unpaired) electrons. The van der Waals surface area contributed by atoms with Gasteiger partial charge in [0.1, 0.15) is 11.5 Å². The van der Waals surface area contributed by atoms with Crippen LogP contribution in [0.1, 0.15) is 28.3 Å². The zero-order chi connectivity index (χ0) is 22.8. The monoisotopic (exact) mass is 448 g/mol. The molecular weight excluding hydrogens is 428 g/mol. The number of Topliss-reactive ketones (excluding diaryl/α,β-unsaturated/α-hetero) is 1. The molecule has 0 unspecified atom stereocenters. The minimum atomic E-state index is -0.769. The zero-order valence-electron chi connectivity index (χ0n) is 17.6. The molecule has 2 heterocycles. The summed E-state index contributed by atoms with van der Waals surface area (Å²) in [7, 11) is 1.55. The third kappa shape index (κ3) is 3.97. The van der Waals surface area contributed by atoms with Gasteiger partial charge in [-0.3, -0.25) is 14.6 Å². The lowest BCUT2D eigenvalue weighted by Crippen LogP contribution is -2.29. The van der Waals surface area contributed by atoms with Crippen molar-refractivity contribution < 1.29 is 19.4 Å². The van der Waals surface area contributed by atoms with E-state index in [0.717, 1.165) is 11.1 Å². The number of carbonyl (C=O) groups is 2. The smallest absolute Gasteiger partial charge is 0.295 e. The molecule has 0 aliphatic carbocycles. The van der Waals surface area contributed by atoms with Gasteiger partial charge in [-0.25, -0.2) is 0 Å². The van der Waals surface area contributed by atoms with E-state index in [1.807, 2.05) is 6.07 Å². The van der Waals surface area contributed by atoms with Crippen LogP contribution in [0.4, 0.5) is 0 Å². The number of nitrogens with zero attached hydrogens (tertiary/aromatic N) is 2. The van der Waals surface area contributed by atoms with Crippen LogP contribution < -0.4 is 4.74 Å². The number of halogens is 1. The lowest BCUT2D eigenvalue weighted by molar-refractivity contribution is -0.140. The predicted molar refractivity (Wildman–Crippen MR) is 121 cm³/mol. The lowest BCUT2D eigenvalue weighted by atomic mass is 9.94. The van der Waals surface area contributed by atoms with Gasteiger partial charge < -0.3 is 14.7 Å². The first-order valence-corrected chi connectivity index (χ1v) is 10.4. The van der Waals surface area contributed by atoms with Crippen LogP contribution in [0.2, 0.25) is 5.02 Å². The molecule has 2 aromatic carbocycles. The molecule has 0 saturated carbocycles. The fourth-order valence-corrected chi connectivity index (χ4v) is 4.02. The lowest BCUT2D eigenvalue weighted by Gasteiger charge is -2.25. The van der Waals surface area contributed by atoms with Gasteiger partial charge in [0, 0.05) is 29.5 Å². The Labute approximate surface area is 190 Å². The van der Waals surface area contributed by atoms with Crippen LogP contribution >= 0.6 is 11.6 Å². The molecular formula is C25H21ClN2O4. The number of pyridine rings is 1. The Bertz CT molecular complexity index is 1210. The first-order valence-electron chi connectivity index (χ1n) is 9.98. The van der Waals surface area contributed by atoms with Gasteiger partial charge in [-0.05, 0) is 60.0 Å². The van der Waals surface area contributed by atoms with Crippen molar-refractivity contribution >= 4 is 29.1 Å². The average Bonchev–Trinajstić information content (AvgIpc) is 3.04. The van der Waals surface area contributed by atoms with Crippen molar-refractivity contribution in [2.24, 2.45) is 0 Å². The topological polar surface area (TPSA) is 79.7 Å². The average molecular weight is 449 g/mol. The first kappa shape index (κ1) is 21.6. The van der Waals surface area contributed by atoms with Gasteiger partial charge in [0.2, 0.25) is 0 Å². The number of likely N-dealkylation sites (tertiary alicyclic amines) is 1. The third-order valence-corrected chi connectivity index (χ3v) is 5.74. The second-order valence-corrected chi connectivity index (χ2v) is 7.96. The van der Waals surface area contributed by atoms with Crippen molar-refractivity contribution in [2.45, 2.75) is 19.5 Å². The Morgan fingerprint density at radius 2 is 1.91 bits per heavy atom. The van der Waals surface area contributed by atoms with E-state index < -0.39 is 17.7 Å². The second-order valence-electron chi connectivity index (χ2n) is 7.52. The molecule has 1 amide bonds. The number of carbonyl (C=O) groups excluding carboxylic acids is 2. The molecule has 1 aliphatic heterocycles. The molecule has 1 aromatic heterocycles. The number of benzene rings is 2. The van der Waals surface area contributed by atoms with Crippen LogP contribution in [0.5, 0.6) is 5.75 Å². The second kappa shape index (κ2) is 8.85. The number of methoxy groups -OCH3 is 1. The van der Waals surface area contributed by atoms with Crippen molar-refractivity contribution in [3.63, 3.8) is 0 Å². The minimum absolute atomic E-state index is 0.0366. The quantitative estimate of drug-likeness (QED) is 0.348. The van der Waals surface area contributed by atoms with Crippen LogP contribution in [0.25, 0.3) is 5.76 Å². The number of hydrogen-bond donors (Lipinski definition) is 1. The number of aliphatic hydroxyl groups excluding tert-OH is 1. The Morgan fingerprint density at radius 1 is 1.16 bits per heavy atom. The van der Waals surface area contributed by atoms with Crippen LogP contribution in [0, 0.1) is 6.92 Å². The van der Waals surface area contributed by atoms with Gasteiger partial charge in [0.25, 0.3) is 11.7 Å². The summed E-state index contributed by atoms with van der Waals surface area (Å²) in [5.74, 6) is -1.01. The highest BCUT2D eigenvalue weighted by Gasteiger charge is 2.46. The highest BCUT2D eigenvalue weighted by molar-refractivity contribution is 6.46. The standard InChI is InChI=1S/C25H21ClN2O4/c1-15-12-19(32-2)9-10-20(15)23(29)21-22(17-5-7-18(26)8-6-17)28(25(31)24(21)30)14-16-4-3-11-27-13-16/h3-13,22,29H,14H2,1-2H3/t22-/m1/s1. The predicted octanol–water partition coefficient (Wildman–Crippen LogP) is 4.67. The summed E-state index contributed by atoms with van der Waals surface area (Å²) in [6.45, 7) is 1.98. The highest BCUT2D eigenvalue weighted by Crippen LogP contribution is 2.41. The third-order valence-electron chi connectivity index (χ3n) is 5.49. The molecule has 1 saturated heterocycles. The van der Waals surface area contributed by atoms with Gasteiger partial charge in [-0.1, -0.05) is 29.8 Å². The Balaban J connectivity index is 1.87. The van der Waals surface area contributed by atoms with Gasteiger partial charge in [-0.15, -0.1) is 0 Å². The first-order chi connectivity index (χ1) is 15.4. The highest BCUT2D eigenvalue weighted by atomic mass is 35.5. The number of aromatic nitrogens is 1. The van der Waals surface area contributed by atoms with E-state index in [0.29, 0.717) is 21.9 Å². The maximum absolute atomic E-state index is 13.1.